The largest absolute Gasteiger partial charge is 0.478 e. The molecule has 13 heteroatoms. The number of carboxylic acid groups (broad SMARTS) is 2. The maximum Gasteiger partial charge on any atom is 0.336 e. The van der Waals surface area contributed by atoms with Crippen LogP contribution in [0.1, 0.15) is 48.4 Å². The van der Waals surface area contributed by atoms with Gasteiger partial charge in [0.2, 0.25) is 0 Å². The molecule has 10 nitrogen and oxygen atoms in total. The number of carboxylic acids is 2. The van der Waals surface area contributed by atoms with Gasteiger partial charge in [0.1, 0.15) is 0 Å². The van der Waals surface area contributed by atoms with E-state index in [-0.39, 0.29) is 39.2 Å². The molecule has 0 unspecified atom stereocenters. The Morgan fingerprint density at radius 3 is 1.54 bits per heavy atom. The predicted octanol–water partition coefficient (Wildman–Crippen LogP) is 4.03. The van der Waals surface area contributed by atoms with Gasteiger partial charge in [0, 0.05) is 35.1 Å². The van der Waals surface area contributed by atoms with E-state index in [1.807, 2.05) is 26.2 Å². The highest BCUT2D eigenvalue weighted by Crippen LogP contribution is 2.31. The van der Waals surface area contributed by atoms with Gasteiger partial charge in [-0.2, -0.15) is 0 Å². The zero-order valence-electron chi connectivity index (χ0n) is 22.6. The molecule has 2 rings (SSSR count). The highest BCUT2D eigenvalue weighted by Gasteiger charge is 2.39. The van der Waals surface area contributed by atoms with Crippen molar-refractivity contribution in [2.45, 2.75) is 52.2 Å². The van der Waals surface area contributed by atoms with Gasteiger partial charge in [-0.25, -0.2) is 9.59 Å². The Morgan fingerprint density at radius 2 is 1.14 bits per heavy atom. The number of aromatic carboxylic acids is 2. The number of carbonyl (C=O) groups excluding carboxylic acids is 2. The first-order valence-corrected chi connectivity index (χ1v) is 21.0. The molecule has 2 aromatic rings. The second-order valence-electron chi connectivity index (χ2n) is 10.4. The second-order valence-corrected chi connectivity index (χ2v) is 23.0. The van der Waals surface area contributed by atoms with Gasteiger partial charge in [0.05, 0.1) is 11.1 Å². The lowest BCUT2D eigenvalue weighted by Gasteiger charge is -2.38. The molecule has 0 radical (unpaired) electrons. The zero-order chi connectivity index (χ0) is 28.3. The quantitative estimate of drug-likeness (QED) is 0.299. The highest BCUT2D eigenvalue weighted by molar-refractivity contribution is 6.87. The van der Waals surface area contributed by atoms with Crippen LogP contribution in [0.4, 0.5) is 0 Å². The van der Waals surface area contributed by atoms with E-state index in [4.69, 9.17) is 8.23 Å². The Balaban J connectivity index is 2.51. The number of benzene rings is 2. The Kier molecular flexibility index (Phi) is 9.25. The molecule has 0 saturated heterocycles. The van der Waals surface area contributed by atoms with Crippen LogP contribution in [-0.4, -0.2) is 72.4 Å². The summed E-state index contributed by atoms with van der Waals surface area (Å²) in [7, 11) is -5.41. The first-order chi connectivity index (χ1) is 16.9. The maximum absolute atomic E-state index is 13.4. The summed E-state index contributed by atoms with van der Waals surface area (Å²) in [6.45, 7) is 14.3. The number of amides is 2. The number of rotatable bonds is 11. The number of carbonyl (C=O) groups is 4. The summed E-state index contributed by atoms with van der Waals surface area (Å²) in [5, 5.41) is 24.6. The molecular weight excluding hydrogens is 529 g/mol. The van der Waals surface area contributed by atoms with Crippen LogP contribution in [0.2, 0.25) is 45.3 Å². The Morgan fingerprint density at radius 1 is 0.730 bits per heavy atom. The zero-order valence-corrected chi connectivity index (χ0v) is 25.6. The van der Waals surface area contributed by atoms with Crippen molar-refractivity contribution in [2.75, 3.05) is 13.2 Å². The lowest BCUT2D eigenvalue weighted by Crippen LogP contribution is -2.56. The minimum Gasteiger partial charge on any atom is -0.478 e. The van der Waals surface area contributed by atoms with E-state index in [0.29, 0.717) is 0 Å². The third kappa shape index (κ3) is 7.35. The van der Waals surface area contributed by atoms with Gasteiger partial charge < -0.3 is 29.1 Å². The van der Waals surface area contributed by atoms with Gasteiger partial charge in [0.25, 0.3) is 11.8 Å². The Hall–Kier alpha value is -2.85. The molecule has 37 heavy (non-hydrogen) atoms. The average Bonchev–Trinajstić information content (AvgIpc) is 2.78. The third-order valence-electron chi connectivity index (χ3n) is 5.91. The Labute approximate surface area is 219 Å². The molecule has 2 aromatic carbocycles. The van der Waals surface area contributed by atoms with Crippen LogP contribution in [0.15, 0.2) is 24.3 Å². The fourth-order valence-electron chi connectivity index (χ4n) is 4.21. The van der Waals surface area contributed by atoms with E-state index >= 15 is 0 Å². The number of hydrogen-bond donors (Lipinski definition) is 4. The topological polar surface area (TPSA) is 151 Å². The summed E-state index contributed by atoms with van der Waals surface area (Å²) in [6, 6.07) is 5.88. The molecule has 0 aliphatic rings. The maximum atomic E-state index is 13.4. The van der Waals surface area contributed by atoms with Crippen LogP contribution >= 0.6 is 0 Å². The summed E-state index contributed by atoms with van der Waals surface area (Å²) in [5.74, 6) is -3.89. The number of fused-ring (bicyclic) bond motifs is 1. The Bertz CT molecular complexity index is 1240. The fraction of sp³-hybridized carbons (Fsp3) is 0.417. The SMILES string of the molecule is CC[Si](C)(C)O[Si](C)(C)O[Si](C)(C)CNC(=O)c1ccc(C(=O)NC)c2c(C(=O)O)ccc(C(=O)O)c12. The van der Waals surface area contributed by atoms with Crippen LogP contribution in [-0.2, 0) is 8.23 Å². The van der Waals surface area contributed by atoms with Crippen LogP contribution < -0.4 is 10.6 Å². The van der Waals surface area contributed by atoms with E-state index in [1.165, 1.54) is 19.2 Å². The van der Waals surface area contributed by atoms with E-state index in [1.54, 1.807) is 0 Å². The van der Waals surface area contributed by atoms with Crippen LogP contribution in [0, 0.1) is 0 Å². The van der Waals surface area contributed by atoms with Crippen molar-refractivity contribution in [1.82, 2.24) is 10.6 Å². The fourth-order valence-corrected chi connectivity index (χ4v) is 16.9. The van der Waals surface area contributed by atoms with Crippen molar-refractivity contribution in [3.05, 3.63) is 46.5 Å². The van der Waals surface area contributed by atoms with E-state index in [0.717, 1.165) is 18.2 Å². The first-order valence-electron chi connectivity index (χ1n) is 11.9. The van der Waals surface area contributed by atoms with Crippen molar-refractivity contribution in [3.8, 4) is 0 Å². The smallest absolute Gasteiger partial charge is 0.336 e. The van der Waals surface area contributed by atoms with Gasteiger partial charge in [0.15, 0.2) is 16.6 Å². The standard InChI is InChI=1S/C24H36N2O8Si3/c1-9-35(3,4)33-37(7,8)34-36(5,6)14-26-22(28)16-11-10-15(21(27)25-2)19-17(23(29)30)12-13-18(20(16)19)24(31)32/h10-13H,9,14H2,1-8H3,(H,25,27)(H,26,28)(H,29,30)(H,31,32). The molecule has 0 aliphatic heterocycles. The van der Waals surface area contributed by atoms with Crippen molar-refractivity contribution < 1.29 is 37.6 Å². The average molecular weight is 565 g/mol. The minimum atomic E-state index is -2.47. The minimum absolute atomic E-state index is 0.0415. The van der Waals surface area contributed by atoms with Gasteiger partial charge in [-0.15, -0.1) is 0 Å². The molecule has 0 heterocycles. The van der Waals surface area contributed by atoms with E-state index in [9.17, 15) is 29.4 Å². The molecule has 0 spiro atoms. The summed E-state index contributed by atoms with van der Waals surface area (Å²) >= 11 is 0. The molecule has 0 aliphatic carbocycles. The summed E-state index contributed by atoms with van der Waals surface area (Å²) in [6.07, 6.45) is 0.222. The van der Waals surface area contributed by atoms with Crippen LogP contribution in [0.5, 0.6) is 0 Å². The molecule has 0 atom stereocenters. The molecule has 0 aromatic heterocycles. The van der Waals surface area contributed by atoms with Crippen molar-refractivity contribution in [1.29, 1.82) is 0 Å². The number of nitrogens with one attached hydrogen (secondary N) is 2. The molecule has 0 fully saturated rings. The van der Waals surface area contributed by atoms with Crippen LogP contribution in [0.3, 0.4) is 0 Å². The van der Waals surface area contributed by atoms with E-state index < -0.39 is 48.9 Å². The summed E-state index contributed by atoms with van der Waals surface area (Å²) in [4.78, 5) is 49.9. The molecule has 0 saturated carbocycles. The van der Waals surface area contributed by atoms with Crippen LogP contribution in [0.25, 0.3) is 10.8 Å². The molecule has 0 bridgehead atoms. The lowest BCUT2D eigenvalue weighted by molar-refractivity contribution is 0.0684. The van der Waals surface area contributed by atoms with Gasteiger partial charge in [-0.05, 0) is 69.6 Å². The van der Waals surface area contributed by atoms with Gasteiger partial charge in [-0.1, -0.05) is 6.92 Å². The van der Waals surface area contributed by atoms with Crippen molar-refractivity contribution >= 4 is 59.7 Å². The van der Waals surface area contributed by atoms with E-state index in [2.05, 4.69) is 30.7 Å². The second kappa shape index (κ2) is 11.3. The molecule has 202 valence electrons. The van der Waals surface area contributed by atoms with Crippen molar-refractivity contribution in [2.24, 2.45) is 0 Å². The monoisotopic (exact) mass is 564 g/mol. The summed E-state index contributed by atoms with van der Waals surface area (Å²) in [5.41, 5.74) is -0.642. The third-order valence-corrected chi connectivity index (χ3v) is 17.0. The highest BCUT2D eigenvalue weighted by atomic mass is 28.5. The molecule has 4 N–H and O–H groups in total. The van der Waals surface area contributed by atoms with Gasteiger partial charge >= 0.3 is 20.5 Å². The van der Waals surface area contributed by atoms with Crippen molar-refractivity contribution in [3.63, 3.8) is 0 Å². The number of hydrogen-bond acceptors (Lipinski definition) is 6. The predicted molar refractivity (Wildman–Crippen MR) is 149 cm³/mol. The molecule has 2 amide bonds. The van der Waals surface area contributed by atoms with Gasteiger partial charge in [-0.3, -0.25) is 9.59 Å². The molecular formula is C24H36N2O8Si3. The summed E-state index contributed by atoms with van der Waals surface area (Å²) < 4.78 is 12.9. The first kappa shape index (κ1) is 30.4. The lowest BCUT2D eigenvalue weighted by atomic mass is 9.91. The normalized spacial score (nSPS) is 12.3.